The van der Waals surface area contributed by atoms with Crippen LogP contribution in [-0.4, -0.2) is 12.6 Å². The molecule has 0 aliphatic heterocycles. The minimum absolute atomic E-state index is 0.0472. The summed E-state index contributed by atoms with van der Waals surface area (Å²) in [6.45, 7) is 9.82. The smallest absolute Gasteiger partial charge is 0.333 e. The summed E-state index contributed by atoms with van der Waals surface area (Å²) in [7, 11) is 0. The van der Waals surface area contributed by atoms with Gasteiger partial charge in [-0.15, -0.1) is 0 Å². The Kier molecular flexibility index (Phi) is 44.9. The Morgan fingerprint density at radius 1 is 0.283 bits per heavy atom. The lowest BCUT2D eigenvalue weighted by Gasteiger charge is -2.16. The van der Waals surface area contributed by atoms with E-state index in [-0.39, 0.29) is 5.97 Å². The molecule has 0 saturated carbocycles. The molecule has 0 atom stereocenters. The summed E-state index contributed by atoms with van der Waals surface area (Å²) in [6, 6.07) is 0. The Morgan fingerprint density at radius 3 is 0.792 bits per heavy atom. The van der Waals surface area contributed by atoms with Gasteiger partial charge < -0.3 is 4.74 Å². The van der Waals surface area contributed by atoms with Crippen molar-refractivity contribution in [2.75, 3.05) is 6.61 Å². The molecule has 53 heavy (non-hydrogen) atoms. The van der Waals surface area contributed by atoms with Gasteiger partial charge in [0.1, 0.15) is 0 Å². The number of hydrogen-bond donors (Lipinski definition) is 0. The van der Waals surface area contributed by atoms with E-state index >= 15 is 0 Å². The lowest BCUT2D eigenvalue weighted by atomic mass is 9.92. The fourth-order valence-corrected chi connectivity index (χ4v) is 8.13. The van der Waals surface area contributed by atoms with E-state index in [9.17, 15) is 4.79 Å². The zero-order valence-electron chi connectivity index (χ0n) is 37.4. The highest BCUT2D eigenvalue weighted by atomic mass is 16.5. The molecule has 0 radical (unpaired) electrons. The van der Waals surface area contributed by atoms with Crippen LogP contribution in [0.25, 0.3) is 0 Å². The Morgan fingerprint density at radius 2 is 0.509 bits per heavy atom. The highest BCUT2D eigenvalue weighted by Crippen LogP contribution is 2.27. The molecule has 0 spiro atoms. The van der Waals surface area contributed by atoms with Gasteiger partial charge in [0.05, 0.1) is 6.61 Å². The van der Waals surface area contributed by atoms with E-state index in [1.54, 1.807) is 0 Å². The first-order valence-electron chi connectivity index (χ1n) is 25.1. The predicted octanol–water partition coefficient (Wildman–Crippen LogP) is 18.7. The molecular weight excluding hydrogens is 645 g/mol. The van der Waals surface area contributed by atoms with Gasteiger partial charge in [0.2, 0.25) is 0 Å². The molecule has 316 valence electrons. The van der Waals surface area contributed by atoms with E-state index in [0.29, 0.717) is 6.61 Å². The molecule has 0 bridgehead atoms. The van der Waals surface area contributed by atoms with Gasteiger partial charge in [-0.1, -0.05) is 264 Å². The maximum atomic E-state index is 13.8. The minimum Gasteiger partial charge on any atom is -0.462 e. The van der Waals surface area contributed by atoms with E-state index in [4.69, 9.17) is 4.74 Å². The summed E-state index contributed by atoms with van der Waals surface area (Å²) in [5, 5.41) is 0. The van der Waals surface area contributed by atoms with Gasteiger partial charge in [0.15, 0.2) is 0 Å². The number of unbranched alkanes of at least 4 members (excludes halogenated alkanes) is 36. The number of esters is 1. The van der Waals surface area contributed by atoms with E-state index in [1.807, 2.05) is 0 Å². The lowest BCUT2D eigenvalue weighted by molar-refractivity contribution is -0.139. The van der Waals surface area contributed by atoms with Crippen molar-refractivity contribution in [3.63, 3.8) is 0 Å². The van der Waals surface area contributed by atoms with E-state index in [0.717, 1.165) is 37.7 Å². The molecule has 0 heterocycles. The number of carbonyl (C=O) groups excluding carboxylic acids is 1. The largest absolute Gasteiger partial charge is 0.462 e. The molecule has 0 N–H and O–H groups in total. The Balaban J connectivity index is 5.11. The molecule has 0 rings (SSSR count). The second kappa shape index (κ2) is 45.6. The summed E-state index contributed by atoms with van der Waals surface area (Å²) >= 11 is 0. The van der Waals surface area contributed by atoms with Crippen LogP contribution in [0.4, 0.5) is 0 Å². The van der Waals surface area contributed by atoms with Crippen molar-refractivity contribution in [2.24, 2.45) is 0 Å². The summed E-state index contributed by atoms with van der Waals surface area (Å²) < 4.78 is 6.10. The first-order chi connectivity index (χ1) is 26.2. The van der Waals surface area contributed by atoms with Crippen molar-refractivity contribution < 1.29 is 9.53 Å². The molecule has 0 saturated heterocycles. The number of carbonyl (C=O) groups is 1. The van der Waals surface area contributed by atoms with Crippen LogP contribution in [0.3, 0.4) is 0 Å². The second-order valence-electron chi connectivity index (χ2n) is 17.2. The maximum Gasteiger partial charge on any atom is 0.333 e. The van der Waals surface area contributed by atoms with Crippen molar-refractivity contribution in [3.05, 3.63) is 11.1 Å². The molecule has 0 aliphatic rings. The maximum absolute atomic E-state index is 13.8. The average Bonchev–Trinajstić information content (AvgIpc) is 3.16. The first kappa shape index (κ1) is 52.2. The standard InChI is InChI=1S/C51H100O2/c1-5-9-13-17-21-25-29-33-37-41-45-49(46-42-38-34-30-26-22-18-14-10-6-2)50(47-43-39-35-31-27-23-19-15-11-7-3)51(52)53-48-44-40-36-32-28-24-20-16-12-8-4/h5-48H2,1-4H3. The molecular formula is C51H100O2. The van der Waals surface area contributed by atoms with Crippen LogP contribution in [0.2, 0.25) is 0 Å². The van der Waals surface area contributed by atoms with Crippen molar-refractivity contribution >= 4 is 5.97 Å². The number of allylic oxidation sites excluding steroid dienone is 1. The zero-order chi connectivity index (χ0) is 38.6. The van der Waals surface area contributed by atoms with E-state index in [2.05, 4.69) is 27.7 Å². The van der Waals surface area contributed by atoms with Crippen molar-refractivity contribution in [1.29, 1.82) is 0 Å². The molecule has 0 amide bonds. The summed E-state index contributed by atoms with van der Waals surface area (Å²) in [5.41, 5.74) is 2.58. The first-order valence-corrected chi connectivity index (χ1v) is 25.1. The van der Waals surface area contributed by atoms with Crippen molar-refractivity contribution in [3.8, 4) is 0 Å². The summed E-state index contributed by atoms with van der Waals surface area (Å²) in [6.07, 6.45) is 57.1. The summed E-state index contributed by atoms with van der Waals surface area (Å²) in [5.74, 6) is 0.0472. The van der Waals surface area contributed by atoms with Crippen LogP contribution in [0.5, 0.6) is 0 Å². The molecule has 2 nitrogen and oxygen atoms in total. The van der Waals surface area contributed by atoms with Gasteiger partial charge in [-0.05, 0) is 44.9 Å². The molecule has 0 aromatic rings. The third-order valence-corrected chi connectivity index (χ3v) is 11.8. The van der Waals surface area contributed by atoms with Gasteiger partial charge in [-0.3, -0.25) is 0 Å². The van der Waals surface area contributed by atoms with Gasteiger partial charge >= 0.3 is 5.97 Å². The average molecular weight is 745 g/mol. The van der Waals surface area contributed by atoms with E-state index in [1.165, 1.54) is 250 Å². The number of rotatable bonds is 45. The van der Waals surface area contributed by atoms with Gasteiger partial charge in [0, 0.05) is 5.57 Å². The van der Waals surface area contributed by atoms with Crippen LogP contribution >= 0.6 is 0 Å². The normalized spacial score (nSPS) is 11.4. The molecule has 0 aromatic heterocycles. The van der Waals surface area contributed by atoms with E-state index < -0.39 is 0 Å². The molecule has 0 unspecified atom stereocenters. The van der Waals surface area contributed by atoms with Gasteiger partial charge in [-0.2, -0.15) is 0 Å². The third kappa shape index (κ3) is 39.2. The van der Waals surface area contributed by atoms with Gasteiger partial charge in [-0.25, -0.2) is 4.79 Å². The van der Waals surface area contributed by atoms with Crippen LogP contribution < -0.4 is 0 Å². The van der Waals surface area contributed by atoms with Crippen molar-refractivity contribution in [2.45, 2.75) is 304 Å². The quantitative estimate of drug-likeness (QED) is 0.0353. The van der Waals surface area contributed by atoms with Gasteiger partial charge in [0.25, 0.3) is 0 Å². The summed E-state index contributed by atoms with van der Waals surface area (Å²) in [4.78, 5) is 13.8. The monoisotopic (exact) mass is 745 g/mol. The molecule has 2 heteroatoms. The highest BCUT2D eigenvalue weighted by Gasteiger charge is 2.17. The van der Waals surface area contributed by atoms with Crippen LogP contribution in [0.1, 0.15) is 304 Å². The Bertz CT molecular complexity index is 713. The molecule has 0 aliphatic carbocycles. The molecule has 0 aromatic carbocycles. The lowest BCUT2D eigenvalue weighted by Crippen LogP contribution is -2.12. The fraction of sp³-hybridized carbons (Fsp3) is 0.941. The highest BCUT2D eigenvalue weighted by molar-refractivity contribution is 5.89. The molecule has 0 fully saturated rings. The van der Waals surface area contributed by atoms with Crippen LogP contribution in [0.15, 0.2) is 11.1 Å². The SMILES string of the molecule is CCCCCCCCCCCCOC(=O)C(CCCCCCCCCCCC)=C(CCCCCCCCCCCC)CCCCCCCCCCCC. The third-order valence-electron chi connectivity index (χ3n) is 11.8. The zero-order valence-corrected chi connectivity index (χ0v) is 37.4. The van der Waals surface area contributed by atoms with Crippen LogP contribution in [-0.2, 0) is 9.53 Å². The Hall–Kier alpha value is -0.790. The van der Waals surface area contributed by atoms with Crippen LogP contribution in [0, 0.1) is 0 Å². The number of hydrogen-bond acceptors (Lipinski definition) is 2. The Labute approximate surface area is 336 Å². The number of ether oxygens (including phenoxy) is 1. The minimum atomic E-state index is 0.0472. The topological polar surface area (TPSA) is 26.3 Å². The second-order valence-corrected chi connectivity index (χ2v) is 17.2. The van der Waals surface area contributed by atoms with Crippen molar-refractivity contribution in [1.82, 2.24) is 0 Å². The predicted molar refractivity (Wildman–Crippen MR) is 239 cm³/mol. The fourth-order valence-electron chi connectivity index (χ4n) is 8.13.